The fourth-order valence-electron chi connectivity index (χ4n) is 5.21. The van der Waals surface area contributed by atoms with Gasteiger partial charge in [0.1, 0.15) is 24.1 Å². The number of unbranched alkanes of at least 4 members (excludes halogenated alkanes) is 1. The quantitative estimate of drug-likeness (QED) is 0.0929. The fraction of sp³-hybridized carbons (Fsp3) is 0.636. The van der Waals surface area contributed by atoms with Crippen LogP contribution in [0.3, 0.4) is 0 Å². The lowest BCUT2D eigenvalue weighted by Gasteiger charge is -2.30. The minimum absolute atomic E-state index is 0.0521. The van der Waals surface area contributed by atoms with E-state index in [4.69, 9.17) is 31.5 Å². The number of ketones is 2. The average molecular weight is 634 g/mol. The van der Waals surface area contributed by atoms with Crippen molar-refractivity contribution in [3.05, 3.63) is 36.0 Å². The van der Waals surface area contributed by atoms with Crippen LogP contribution in [0.1, 0.15) is 85.6 Å². The molecule has 0 spiro atoms. The van der Waals surface area contributed by atoms with Gasteiger partial charge in [-0.3, -0.25) is 14.4 Å². The number of nitrogen functional groups attached to an aromatic ring is 1. The fourth-order valence-corrected chi connectivity index (χ4v) is 5.21. The molecule has 5 atom stereocenters. The number of hydrogen-bond acceptors (Lipinski definition) is 11. The molecular formula is C33H55N5O7. The number of methoxy groups -OCH3 is 1. The van der Waals surface area contributed by atoms with Gasteiger partial charge in [-0.1, -0.05) is 46.8 Å². The number of hydrogen-bond donors (Lipinski definition) is 3. The minimum Gasteiger partial charge on any atom is -0.461 e. The molecule has 2 aliphatic heterocycles. The SMILES string of the molecule is CC.CC.COC1CCC(=O)C(C)C(=O)OCC2OC(=O)N(CCCCN(N)/C=C(\N)c3cccc(N)c3)[C@@H]2C(C)C(=O)CC1. The Labute approximate surface area is 268 Å². The molecule has 0 bridgehead atoms. The number of carbonyl (C=O) groups excluding carboxylic acids is 4. The number of carbonyl (C=O) groups is 4. The van der Waals surface area contributed by atoms with Gasteiger partial charge in [0, 0.05) is 56.4 Å². The first kappa shape index (κ1) is 39.4. The van der Waals surface area contributed by atoms with Crippen LogP contribution in [-0.2, 0) is 28.6 Å². The number of nitrogens with two attached hydrogens (primary N) is 3. The lowest BCUT2D eigenvalue weighted by atomic mass is 9.88. The number of ether oxygens (including phenoxy) is 3. The molecule has 12 heteroatoms. The predicted octanol–water partition coefficient (Wildman–Crippen LogP) is 4.27. The third-order valence-corrected chi connectivity index (χ3v) is 7.82. The number of Topliss-reactive ketones (excluding diaryl/α,β-unsaturated/α-hetero) is 2. The van der Waals surface area contributed by atoms with Gasteiger partial charge in [0.25, 0.3) is 0 Å². The summed E-state index contributed by atoms with van der Waals surface area (Å²) < 4.78 is 16.4. The van der Waals surface area contributed by atoms with E-state index < -0.39 is 36.0 Å². The molecule has 2 heterocycles. The monoisotopic (exact) mass is 633 g/mol. The molecule has 2 fully saturated rings. The highest BCUT2D eigenvalue weighted by Crippen LogP contribution is 2.29. The van der Waals surface area contributed by atoms with Gasteiger partial charge in [0.2, 0.25) is 0 Å². The average Bonchev–Trinajstić information content (AvgIpc) is 3.36. The topological polar surface area (TPSA) is 181 Å². The molecule has 0 saturated carbocycles. The number of nitrogens with zero attached hydrogens (tertiary/aromatic N) is 2. The van der Waals surface area contributed by atoms with E-state index in [0.29, 0.717) is 50.2 Å². The molecule has 0 radical (unpaired) electrons. The van der Waals surface area contributed by atoms with E-state index in [2.05, 4.69) is 0 Å². The van der Waals surface area contributed by atoms with Gasteiger partial charge in [-0.2, -0.15) is 0 Å². The summed E-state index contributed by atoms with van der Waals surface area (Å²) >= 11 is 0. The van der Waals surface area contributed by atoms with Gasteiger partial charge < -0.3 is 35.6 Å². The second-order valence-electron chi connectivity index (χ2n) is 10.8. The van der Waals surface area contributed by atoms with Crippen molar-refractivity contribution in [3.63, 3.8) is 0 Å². The van der Waals surface area contributed by atoms with Crippen molar-refractivity contribution in [2.45, 2.75) is 98.3 Å². The van der Waals surface area contributed by atoms with Crippen LogP contribution in [-0.4, -0.2) is 78.6 Å². The third-order valence-electron chi connectivity index (χ3n) is 7.82. The largest absolute Gasteiger partial charge is 0.461 e. The normalized spacial score (nSPS) is 24.6. The molecular weight excluding hydrogens is 578 g/mol. The number of esters is 1. The lowest BCUT2D eigenvalue weighted by Crippen LogP contribution is -2.46. The van der Waals surface area contributed by atoms with Crippen molar-refractivity contribution < 1.29 is 33.4 Å². The molecule has 6 N–H and O–H groups in total. The molecule has 0 aromatic heterocycles. The van der Waals surface area contributed by atoms with E-state index in [9.17, 15) is 19.2 Å². The van der Waals surface area contributed by atoms with Crippen LogP contribution in [0.5, 0.6) is 0 Å². The first-order valence-electron chi connectivity index (χ1n) is 16.1. The summed E-state index contributed by atoms with van der Waals surface area (Å²) in [5, 5.41) is 1.48. The molecule has 2 aliphatic rings. The van der Waals surface area contributed by atoms with Gasteiger partial charge in [-0.05, 0) is 44.7 Å². The predicted molar refractivity (Wildman–Crippen MR) is 175 cm³/mol. The summed E-state index contributed by atoms with van der Waals surface area (Å²) in [5.74, 6) is 3.62. The maximum atomic E-state index is 13.2. The highest BCUT2D eigenvalue weighted by Gasteiger charge is 2.47. The summed E-state index contributed by atoms with van der Waals surface area (Å²) in [6, 6.07) is 6.56. The van der Waals surface area contributed by atoms with E-state index in [1.165, 1.54) is 23.9 Å². The Balaban J connectivity index is 0.00000243. The zero-order chi connectivity index (χ0) is 34.1. The lowest BCUT2D eigenvalue weighted by molar-refractivity contribution is -0.154. The van der Waals surface area contributed by atoms with Gasteiger partial charge in [0.05, 0.1) is 17.8 Å². The van der Waals surface area contributed by atoms with Crippen LogP contribution in [0.4, 0.5) is 10.5 Å². The van der Waals surface area contributed by atoms with E-state index in [-0.39, 0.29) is 37.1 Å². The van der Waals surface area contributed by atoms with Crippen molar-refractivity contribution in [2.75, 3.05) is 32.5 Å². The summed E-state index contributed by atoms with van der Waals surface area (Å²) in [5.41, 5.74) is 13.8. The second kappa shape index (κ2) is 20.4. The van der Waals surface area contributed by atoms with E-state index in [1.807, 2.05) is 39.8 Å². The Morgan fingerprint density at radius 2 is 1.69 bits per heavy atom. The molecule has 1 amide bonds. The van der Waals surface area contributed by atoms with Gasteiger partial charge >= 0.3 is 12.1 Å². The van der Waals surface area contributed by atoms with E-state index >= 15 is 0 Å². The van der Waals surface area contributed by atoms with Crippen LogP contribution >= 0.6 is 0 Å². The zero-order valence-corrected chi connectivity index (χ0v) is 28.1. The molecule has 1 aromatic carbocycles. The highest BCUT2D eigenvalue weighted by atomic mass is 16.6. The molecule has 254 valence electrons. The molecule has 12 nitrogen and oxygen atoms in total. The number of fused-ring (bicyclic) bond motifs is 1. The first-order chi connectivity index (χ1) is 21.5. The standard InChI is InChI=1S/C29H43N5O7.2C2H6/c1-18-24(35)11-9-22(39-3)10-12-25(36)19(2)28(37)40-17-26-27(18)34(29(38)41-26)14-5-4-13-33(32)16-23(31)20-7-6-8-21(30)15-20;2*1-2/h6-8,15-16,18-19,22,26-27H,4-5,9-14,17,30-32H2,1-3H3;2*1-2H3/b23-16-;;/t18?,19?,22?,26?,27-;;/m1../s1. The summed E-state index contributed by atoms with van der Waals surface area (Å²) in [4.78, 5) is 52.7. The van der Waals surface area contributed by atoms with Crippen molar-refractivity contribution in [3.8, 4) is 0 Å². The summed E-state index contributed by atoms with van der Waals surface area (Å²) in [7, 11) is 1.54. The minimum atomic E-state index is -0.942. The van der Waals surface area contributed by atoms with Crippen molar-refractivity contribution in [2.24, 2.45) is 23.4 Å². The molecule has 1 aromatic rings. The van der Waals surface area contributed by atoms with Gasteiger partial charge in [-0.15, -0.1) is 0 Å². The number of benzene rings is 1. The number of amides is 1. The Morgan fingerprint density at radius 1 is 1.04 bits per heavy atom. The van der Waals surface area contributed by atoms with E-state index in [0.717, 1.165) is 5.56 Å². The zero-order valence-electron chi connectivity index (χ0n) is 28.1. The maximum Gasteiger partial charge on any atom is 0.410 e. The highest BCUT2D eigenvalue weighted by molar-refractivity contribution is 5.98. The molecule has 2 saturated heterocycles. The van der Waals surface area contributed by atoms with Crippen molar-refractivity contribution in [1.82, 2.24) is 9.91 Å². The molecule has 0 aliphatic carbocycles. The summed E-state index contributed by atoms with van der Waals surface area (Å²) in [6.45, 7) is 11.8. The molecule has 3 rings (SSSR count). The Kier molecular flexibility index (Phi) is 17.9. The Bertz CT molecular complexity index is 1130. The molecule has 45 heavy (non-hydrogen) atoms. The van der Waals surface area contributed by atoms with Crippen molar-refractivity contribution in [1.29, 1.82) is 0 Å². The number of rotatable bonds is 8. The van der Waals surface area contributed by atoms with Gasteiger partial charge in [0.15, 0.2) is 6.10 Å². The van der Waals surface area contributed by atoms with Crippen molar-refractivity contribution >= 4 is 35.0 Å². The number of anilines is 1. The second-order valence-corrected chi connectivity index (χ2v) is 10.8. The number of hydrazine groups is 1. The van der Waals surface area contributed by atoms with Crippen LogP contribution < -0.4 is 17.3 Å². The Hall–Kier alpha value is -3.64. The van der Waals surface area contributed by atoms with Crippen LogP contribution in [0.15, 0.2) is 30.5 Å². The molecule has 4 unspecified atom stereocenters. The Morgan fingerprint density at radius 3 is 2.31 bits per heavy atom. The smallest absolute Gasteiger partial charge is 0.410 e. The van der Waals surface area contributed by atoms with Gasteiger partial charge in [-0.25, -0.2) is 10.6 Å². The first-order valence-corrected chi connectivity index (χ1v) is 16.1. The van der Waals surface area contributed by atoms with Crippen LogP contribution in [0, 0.1) is 11.8 Å². The third kappa shape index (κ3) is 12.0. The maximum absolute atomic E-state index is 13.2. The summed E-state index contributed by atoms with van der Waals surface area (Å²) in [6.07, 6.45) is 2.37. The van der Waals surface area contributed by atoms with Crippen LogP contribution in [0.2, 0.25) is 0 Å². The van der Waals surface area contributed by atoms with Crippen LogP contribution in [0.25, 0.3) is 5.70 Å². The van der Waals surface area contributed by atoms with E-state index in [1.54, 1.807) is 25.3 Å². The number of cyclic esters (lactones) is 1.